The first-order chi connectivity index (χ1) is 14.7. The Kier molecular flexibility index (Phi) is 4.72. The molecule has 0 radical (unpaired) electrons. The van der Waals surface area contributed by atoms with Gasteiger partial charge in [0.25, 0.3) is 0 Å². The van der Waals surface area contributed by atoms with E-state index in [9.17, 15) is 0 Å². The van der Waals surface area contributed by atoms with Gasteiger partial charge in [0.15, 0.2) is 0 Å². The fourth-order valence-corrected chi connectivity index (χ4v) is 4.09. The number of benzene rings is 5. The number of nitrogens with zero attached hydrogens (tertiary/aromatic N) is 1. The van der Waals surface area contributed by atoms with Crippen LogP contribution in [-0.4, -0.2) is 0 Å². The van der Waals surface area contributed by atoms with E-state index in [1.165, 1.54) is 44.2 Å². The van der Waals surface area contributed by atoms with E-state index in [2.05, 4.69) is 128 Å². The lowest BCUT2D eigenvalue weighted by atomic mass is 10.0. The molecule has 146 valence electrons. The smallest absolute Gasteiger partial charge is 0.0468 e. The van der Waals surface area contributed by atoms with Crippen LogP contribution < -0.4 is 4.90 Å². The highest BCUT2D eigenvalue weighted by molar-refractivity contribution is 5.92. The summed E-state index contributed by atoms with van der Waals surface area (Å²) >= 11 is 0. The van der Waals surface area contributed by atoms with Gasteiger partial charge in [0, 0.05) is 17.1 Å². The zero-order chi connectivity index (χ0) is 20.5. The summed E-state index contributed by atoms with van der Waals surface area (Å²) in [7, 11) is 0. The Bertz CT molecular complexity index is 1240. The molecule has 0 saturated heterocycles. The molecule has 0 bridgehead atoms. The number of fused-ring (bicyclic) bond motifs is 2. The predicted octanol–water partition coefficient (Wildman–Crippen LogP) is 8.59. The first kappa shape index (κ1) is 18.4. The van der Waals surface area contributed by atoms with Crippen molar-refractivity contribution in [2.45, 2.75) is 19.8 Å². The van der Waals surface area contributed by atoms with Crippen LogP contribution in [0.3, 0.4) is 0 Å². The number of anilines is 3. The van der Waals surface area contributed by atoms with Gasteiger partial charge in [-0.05, 0) is 69.4 Å². The molecule has 0 N–H and O–H groups in total. The molecule has 5 aromatic carbocycles. The molecule has 5 rings (SSSR count). The van der Waals surface area contributed by atoms with E-state index in [4.69, 9.17) is 0 Å². The van der Waals surface area contributed by atoms with E-state index in [0.717, 1.165) is 0 Å². The third-order valence-electron chi connectivity index (χ3n) is 5.80. The Morgan fingerprint density at radius 3 is 1.37 bits per heavy atom. The van der Waals surface area contributed by atoms with E-state index in [1.807, 2.05) is 0 Å². The Balaban J connectivity index is 1.69. The third kappa shape index (κ3) is 3.44. The summed E-state index contributed by atoms with van der Waals surface area (Å²) in [5.41, 5.74) is 4.86. The van der Waals surface area contributed by atoms with Gasteiger partial charge in [-0.3, -0.25) is 0 Å². The van der Waals surface area contributed by atoms with Crippen LogP contribution >= 0.6 is 0 Å². The summed E-state index contributed by atoms with van der Waals surface area (Å²) in [6.45, 7) is 4.47. The second kappa shape index (κ2) is 7.68. The lowest BCUT2D eigenvalue weighted by Crippen LogP contribution is -2.10. The summed E-state index contributed by atoms with van der Waals surface area (Å²) in [6, 6.07) is 39.4. The van der Waals surface area contributed by atoms with Crippen molar-refractivity contribution in [2.75, 3.05) is 4.90 Å². The molecule has 0 unspecified atom stereocenters. The molecule has 0 aliphatic carbocycles. The summed E-state index contributed by atoms with van der Waals surface area (Å²) in [6.07, 6.45) is 0. The third-order valence-corrected chi connectivity index (χ3v) is 5.80. The fraction of sp³-hybridized carbons (Fsp3) is 0.103. The van der Waals surface area contributed by atoms with Gasteiger partial charge in [0.05, 0.1) is 0 Å². The standard InChI is InChI=1S/C29H25N/c1-21(2)22-11-15-27(16-12-22)30(28-17-13-23-7-3-5-9-25(23)19-28)29-18-14-24-8-4-6-10-26(24)20-29/h3-21H,1-2H3. The van der Waals surface area contributed by atoms with E-state index < -0.39 is 0 Å². The van der Waals surface area contributed by atoms with Crippen molar-refractivity contribution in [3.63, 3.8) is 0 Å². The maximum Gasteiger partial charge on any atom is 0.0468 e. The average Bonchev–Trinajstić information content (AvgIpc) is 2.79. The topological polar surface area (TPSA) is 3.24 Å². The zero-order valence-electron chi connectivity index (χ0n) is 17.4. The molecule has 0 saturated carbocycles. The molecule has 1 heteroatoms. The quantitative estimate of drug-likeness (QED) is 0.298. The molecule has 0 aliphatic rings. The van der Waals surface area contributed by atoms with Crippen molar-refractivity contribution in [3.8, 4) is 0 Å². The van der Waals surface area contributed by atoms with Crippen LogP contribution in [0.15, 0.2) is 109 Å². The lowest BCUT2D eigenvalue weighted by Gasteiger charge is -2.26. The van der Waals surface area contributed by atoms with Crippen molar-refractivity contribution in [3.05, 3.63) is 115 Å². The van der Waals surface area contributed by atoms with Crippen LogP contribution in [0, 0.1) is 0 Å². The Morgan fingerprint density at radius 1 is 0.467 bits per heavy atom. The highest BCUT2D eigenvalue weighted by Crippen LogP contribution is 2.37. The normalized spacial score (nSPS) is 11.3. The van der Waals surface area contributed by atoms with Crippen molar-refractivity contribution in [1.29, 1.82) is 0 Å². The van der Waals surface area contributed by atoms with Gasteiger partial charge >= 0.3 is 0 Å². The Morgan fingerprint density at radius 2 is 0.900 bits per heavy atom. The van der Waals surface area contributed by atoms with E-state index >= 15 is 0 Å². The monoisotopic (exact) mass is 387 g/mol. The van der Waals surface area contributed by atoms with Gasteiger partial charge in [-0.2, -0.15) is 0 Å². The summed E-state index contributed by atoms with van der Waals surface area (Å²) in [5.74, 6) is 0.522. The van der Waals surface area contributed by atoms with Crippen LogP contribution in [0.1, 0.15) is 25.3 Å². The number of hydrogen-bond acceptors (Lipinski definition) is 1. The number of rotatable bonds is 4. The molecule has 0 aliphatic heterocycles. The molecule has 5 aromatic rings. The maximum absolute atomic E-state index is 2.35. The minimum Gasteiger partial charge on any atom is -0.310 e. The first-order valence-corrected chi connectivity index (χ1v) is 10.6. The average molecular weight is 388 g/mol. The van der Waals surface area contributed by atoms with Crippen molar-refractivity contribution >= 4 is 38.6 Å². The minimum absolute atomic E-state index is 0.522. The maximum atomic E-state index is 2.35. The summed E-state index contributed by atoms with van der Waals surface area (Å²) in [5, 5.41) is 5.02. The van der Waals surface area contributed by atoms with Gasteiger partial charge in [0.1, 0.15) is 0 Å². The van der Waals surface area contributed by atoms with Gasteiger partial charge in [-0.1, -0.05) is 86.6 Å². The van der Waals surface area contributed by atoms with E-state index in [1.54, 1.807) is 0 Å². The molecule has 0 atom stereocenters. The molecule has 0 spiro atoms. The lowest BCUT2D eigenvalue weighted by molar-refractivity contribution is 0.866. The van der Waals surface area contributed by atoms with Gasteiger partial charge in [-0.15, -0.1) is 0 Å². The SMILES string of the molecule is CC(C)c1ccc(N(c2ccc3ccccc3c2)c2ccc3ccccc3c2)cc1. The predicted molar refractivity (Wildman–Crippen MR) is 130 cm³/mol. The Labute approximate surface area is 178 Å². The highest BCUT2D eigenvalue weighted by atomic mass is 15.1. The highest BCUT2D eigenvalue weighted by Gasteiger charge is 2.14. The van der Waals surface area contributed by atoms with Crippen LogP contribution in [0.4, 0.5) is 17.1 Å². The van der Waals surface area contributed by atoms with Crippen molar-refractivity contribution in [1.82, 2.24) is 0 Å². The van der Waals surface area contributed by atoms with Gasteiger partial charge in [0.2, 0.25) is 0 Å². The van der Waals surface area contributed by atoms with E-state index in [0.29, 0.717) is 5.92 Å². The van der Waals surface area contributed by atoms with Crippen molar-refractivity contribution < 1.29 is 0 Å². The molecule has 1 nitrogen and oxygen atoms in total. The summed E-state index contributed by atoms with van der Waals surface area (Å²) < 4.78 is 0. The molecule has 0 amide bonds. The summed E-state index contributed by atoms with van der Waals surface area (Å²) in [4.78, 5) is 2.35. The van der Waals surface area contributed by atoms with Crippen LogP contribution in [0.2, 0.25) is 0 Å². The van der Waals surface area contributed by atoms with Gasteiger partial charge < -0.3 is 4.90 Å². The molecule has 0 aromatic heterocycles. The van der Waals surface area contributed by atoms with Gasteiger partial charge in [-0.25, -0.2) is 0 Å². The number of hydrogen-bond donors (Lipinski definition) is 0. The molecule has 0 fully saturated rings. The molecular weight excluding hydrogens is 362 g/mol. The Hall–Kier alpha value is -3.58. The largest absolute Gasteiger partial charge is 0.310 e. The molecular formula is C29H25N. The minimum atomic E-state index is 0.522. The van der Waals surface area contributed by atoms with Crippen LogP contribution in [0.5, 0.6) is 0 Å². The zero-order valence-corrected chi connectivity index (χ0v) is 17.4. The van der Waals surface area contributed by atoms with Crippen LogP contribution in [0.25, 0.3) is 21.5 Å². The van der Waals surface area contributed by atoms with Crippen LogP contribution in [-0.2, 0) is 0 Å². The van der Waals surface area contributed by atoms with Crippen molar-refractivity contribution in [2.24, 2.45) is 0 Å². The molecule has 0 heterocycles. The second-order valence-corrected chi connectivity index (χ2v) is 8.14. The first-order valence-electron chi connectivity index (χ1n) is 10.6. The molecule has 30 heavy (non-hydrogen) atoms. The second-order valence-electron chi connectivity index (χ2n) is 8.14. The fourth-order valence-electron chi connectivity index (χ4n) is 4.09. The van der Waals surface area contributed by atoms with E-state index in [-0.39, 0.29) is 0 Å².